The summed E-state index contributed by atoms with van der Waals surface area (Å²) >= 11 is 3.08. The maximum atomic E-state index is 11.6. The number of hydrogen-bond donors (Lipinski definition) is 1. The molecule has 94 valence electrons. The van der Waals surface area contributed by atoms with Crippen LogP contribution < -0.4 is 16.0 Å². The summed E-state index contributed by atoms with van der Waals surface area (Å²) in [5, 5.41) is 0. The van der Waals surface area contributed by atoms with E-state index < -0.39 is 11.2 Å². The Morgan fingerprint density at radius 3 is 3.00 bits per heavy atom. The molecular weight excluding hydrogens is 302 g/mol. The molecule has 6 nitrogen and oxygen atoms in total. The molecule has 0 bridgehead atoms. The molecule has 18 heavy (non-hydrogen) atoms. The van der Waals surface area contributed by atoms with Gasteiger partial charge in [-0.3, -0.25) is 14.3 Å². The number of halogens is 1. The smallest absolute Gasteiger partial charge is 0.328 e. The molecule has 0 atom stereocenters. The Kier molecular flexibility index (Phi) is 3.61. The summed E-state index contributed by atoms with van der Waals surface area (Å²) < 4.78 is 6.76. The van der Waals surface area contributed by atoms with Gasteiger partial charge >= 0.3 is 5.69 Å². The molecular formula is C11H10BrN3O3. The standard InChI is InChI=1S/C11H10BrN3O3/c1-18-10-7(3-2-4-13-10)5-15-6-8(12)9(16)14-11(15)17/h2-4,6H,5H2,1H3,(H,14,16,17). The average Bonchev–Trinajstić information content (AvgIpc) is 2.36. The first-order chi connectivity index (χ1) is 8.61. The van der Waals surface area contributed by atoms with Crippen LogP contribution in [0.3, 0.4) is 0 Å². The van der Waals surface area contributed by atoms with Crippen molar-refractivity contribution in [1.82, 2.24) is 14.5 Å². The van der Waals surface area contributed by atoms with Gasteiger partial charge in [0.2, 0.25) is 5.88 Å². The van der Waals surface area contributed by atoms with Crippen LogP contribution in [-0.4, -0.2) is 21.6 Å². The molecule has 0 aliphatic heterocycles. The van der Waals surface area contributed by atoms with Crippen molar-refractivity contribution in [3.63, 3.8) is 0 Å². The molecule has 2 aromatic heterocycles. The van der Waals surface area contributed by atoms with Gasteiger partial charge in [-0.2, -0.15) is 0 Å². The van der Waals surface area contributed by atoms with Crippen molar-refractivity contribution in [3.05, 3.63) is 55.4 Å². The maximum absolute atomic E-state index is 11.6. The Hall–Kier alpha value is -1.89. The lowest BCUT2D eigenvalue weighted by atomic mass is 10.2. The fourth-order valence-corrected chi connectivity index (χ4v) is 1.86. The van der Waals surface area contributed by atoms with Gasteiger partial charge in [-0.15, -0.1) is 0 Å². The van der Waals surface area contributed by atoms with E-state index in [4.69, 9.17) is 4.74 Å². The maximum Gasteiger partial charge on any atom is 0.328 e. The van der Waals surface area contributed by atoms with Crippen LogP contribution in [0.1, 0.15) is 5.56 Å². The zero-order valence-electron chi connectivity index (χ0n) is 9.51. The number of methoxy groups -OCH3 is 1. The van der Waals surface area contributed by atoms with Crippen molar-refractivity contribution >= 4 is 15.9 Å². The number of aromatic amines is 1. The van der Waals surface area contributed by atoms with Gasteiger partial charge in [-0.25, -0.2) is 9.78 Å². The predicted molar refractivity (Wildman–Crippen MR) is 68.9 cm³/mol. The Morgan fingerprint density at radius 1 is 1.50 bits per heavy atom. The summed E-state index contributed by atoms with van der Waals surface area (Å²) in [4.78, 5) is 29.1. The molecule has 2 heterocycles. The molecule has 1 N–H and O–H groups in total. The van der Waals surface area contributed by atoms with E-state index in [1.54, 1.807) is 18.3 Å². The minimum Gasteiger partial charge on any atom is -0.481 e. The van der Waals surface area contributed by atoms with Crippen molar-refractivity contribution in [2.24, 2.45) is 0 Å². The van der Waals surface area contributed by atoms with Gasteiger partial charge < -0.3 is 4.74 Å². The zero-order chi connectivity index (χ0) is 13.1. The van der Waals surface area contributed by atoms with Gasteiger partial charge in [0.05, 0.1) is 18.1 Å². The summed E-state index contributed by atoms with van der Waals surface area (Å²) in [7, 11) is 1.51. The first-order valence-corrected chi connectivity index (χ1v) is 5.88. The van der Waals surface area contributed by atoms with Crippen LogP contribution in [0.25, 0.3) is 0 Å². The van der Waals surface area contributed by atoms with E-state index in [1.165, 1.54) is 17.9 Å². The SMILES string of the molecule is COc1ncccc1Cn1cc(Br)c(=O)[nH]c1=O. The third-order valence-electron chi connectivity index (χ3n) is 2.35. The number of aromatic nitrogens is 3. The molecule has 0 unspecified atom stereocenters. The quantitative estimate of drug-likeness (QED) is 0.907. The minimum atomic E-state index is -0.478. The summed E-state index contributed by atoms with van der Waals surface area (Å²) in [6, 6.07) is 3.56. The fourth-order valence-electron chi connectivity index (χ4n) is 1.51. The van der Waals surface area contributed by atoms with E-state index in [2.05, 4.69) is 25.9 Å². The Bertz CT molecular complexity index is 678. The second-order valence-corrected chi connectivity index (χ2v) is 4.39. The molecule has 0 amide bonds. The topological polar surface area (TPSA) is 77.0 Å². The first kappa shape index (κ1) is 12.6. The third kappa shape index (κ3) is 2.51. The highest BCUT2D eigenvalue weighted by Gasteiger charge is 2.07. The van der Waals surface area contributed by atoms with Crippen molar-refractivity contribution in [1.29, 1.82) is 0 Å². The van der Waals surface area contributed by atoms with Crippen LogP contribution in [0.5, 0.6) is 5.88 Å². The zero-order valence-corrected chi connectivity index (χ0v) is 11.1. The molecule has 0 aromatic carbocycles. The fraction of sp³-hybridized carbons (Fsp3) is 0.182. The summed E-state index contributed by atoms with van der Waals surface area (Å²) in [5.74, 6) is 0.451. The number of pyridine rings is 1. The average molecular weight is 312 g/mol. The number of H-pyrrole nitrogens is 1. The van der Waals surface area contributed by atoms with Crippen LogP contribution in [-0.2, 0) is 6.54 Å². The van der Waals surface area contributed by atoms with Crippen LogP contribution in [0.2, 0.25) is 0 Å². The van der Waals surface area contributed by atoms with Crippen LogP contribution in [0.4, 0.5) is 0 Å². The van der Waals surface area contributed by atoms with Crippen molar-refractivity contribution in [3.8, 4) is 5.88 Å². The normalized spacial score (nSPS) is 10.3. The molecule has 0 saturated carbocycles. The molecule has 0 spiro atoms. The lowest BCUT2D eigenvalue weighted by Gasteiger charge is -2.08. The van der Waals surface area contributed by atoms with Gasteiger partial charge in [0.25, 0.3) is 5.56 Å². The van der Waals surface area contributed by atoms with E-state index >= 15 is 0 Å². The molecule has 2 aromatic rings. The largest absolute Gasteiger partial charge is 0.481 e. The van der Waals surface area contributed by atoms with Gasteiger partial charge in [0.1, 0.15) is 0 Å². The summed E-state index contributed by atoms with van der Waals surface area (Å²) in [5.41, 5.74) is -0.176. The Labute approximate surface area is 110 Å². The monoisotopic (exact) mass is 311 g/mol. The Morgan fingerprint density at radius 2 is 2.28 bits per heavy atom. The van der Waals surface area contributed by atoms with E-state index in [-0.39, 0.29) is 6.54 Å². The predicted octanol–water partition coefficient (Wildman–Crippen LogP) is 0.751. The van der Waals surface area contributed by atoms with Gasteiger partial charge in [-0.05, 0) is 22.0 Å². The van der Waals surface area contributed by atoms with Gasteiger partial charge in [-0.1, -0.05) is 6.07 Å². The number of nitrogens with one attached hydrogen (secondary N) is 1. The highest BCUT2D eigenvalue weighted by molar-refractivity contribution is 9.10. The van der Waals surface area contributed by atoms with Crippen molar-refractivity contribution < 1.29 is 4.74 Å². The van der Waals surface area contributed by atoms with E-state index in [0.717, 1.165) is 5.56 Å². The summed E-state index contributed by atoms with van der Waals surface area (Å²) in [6.45, 7) is 0.269. The second-order valence-electron chi connectivity index (χ2n) is 3.54. The van der Waals surface area contributed by atoms with Crippen LogP contribution >= 0.6 is 15.9 Å². The first-order valence-electron chi connectivity index (χ1n) is 5.09. The Balaban J connectivity index is 2.43. The lowest BCUT2D eigenvalue weighted by Crippen LogP contribution is -2.30. The molecule has 0 radical (unpaired) electrons. The molecule has 2 rings (SSSR count). The van der Waals surface area contributed by atoms with Gasteiger partial charge in [0.15, 0.2) is 0 Å². The molecule has 0 aliphatic rings. The molecule has 7 heteroatoms. The lowest BCUT2D eigenvalue weighted by molar-refractivity contribution is 0.391. The highest BCUT2D eigenvalue weighted by Crippen LogP contribution is 2.14. The molecule has 0 saturated heterocycles. The van der Waals surface area contributed by atoms with Crippen molar-refractivity contribution in [2.75, 3.05) is 7.11 Å². The van der Waals surface area contributed by atoms with Crippen molar-refractivity contribution in [2.45, 2.75) is 6.54 Å². The second kappa shape index (κ2) is 5.18. The van der Waals surface area contributed by atoms with Crippen LogP contribution in [0.15, 0.2) is 38.6 Å². The third-order valence-corrected chi connectivity index (χ3v) is 2.92. The number of ether oxygens (including phenoxy) is 1. The van der Waals surface area contributed by atoms with Crippen LogP contribution in [0, 0.1) is 0 Å². The van der Waals surface area contributed by atoms with Gasteiger partial charge in [0, 0.05) is 18.0 Å². The summed E-state index contributed by atoms with van der Waals surface area (Å²) in [6.07, 6.45) is 3.04. The van der Waals surface area contributed by atoms with E-state index in [9.17, 15) is 9.59 Å². The number of rotatable bonds is 3. The minimum absolute atomic E-state index is 0.269. The molecule has 0 aliphatic carbocycles. The molecule has 0 fully saturated rings. The number of hydrogen-bond acceptors (Lipinski definition) is 4. The van der Waals surface area contributed by atoms with E-state index in [1.807, 2.05) is 0 Å². The highest BCUT2D eigenvalue weighted by atomic mass is 79.9. The number of nitrogens with zero attached hydrogens (tertiary/aromatic N) is 2. The van der Waals surface area contributed by atoms with E-state index in [0.29, 0.717) is 10.4 Å².